The zero-order chi connectivity index (χ0) is 13.5. The molecular formula is C13H21N3O2S. The van der Waals surface area contributed by atoms with Crippen LogP contribution in [0.15, 0.2) is 11.2 Å². The van der Waals surface area contributed by atoms with E-state index in [1.54, 1.807) is 0 Å². The fraction of sp³-hybridized carbons (Fsp3) is 0.692. The average Bonchev–Trinajstić information content (AvgIpc) is 2.46. The van der Waals surface area contributed by atoms with E-state index in [-0.39, 0.29) is 6.10 Å². The molecule has 0 aromatic carbocycles. The third kappa shape index (κ3) is 4.54. The van der Waals surface area contributed by atoms with E-state index >= 15 is 0 Å². The van der Waals surface area contributed by atoms with Gasteiger partial charge in [0.2, 0.25) is 5.88 Å². The summed E-state index contributed by atoms with van der Waals surface area (Å²) in [4.78, 5) is 8.72. The highest BCUT2D eigenvalue weighted by atomic mass is 32.2. The second-order valence-corrected chi connectivity index (χ2v) is 5.18. The van der Waals surface area contributed by atoms with Crippen LogP contribution in [0.4, 0.5) is 5.82 Å². The Labute approximate surface area is 118 Å². The molecule has 1 aromatic heterocycles. The van der Waals surface area contributed by atoms with E-state index < -0.39 is 0 Å². The highest BCUT2D eigenvalue weighted by Gasteiger charge is 2.15. The molecule has 0 saturated carbocycles. The topological polar surface area (TPSA) is 56.3 Å². The summed E-state index contributed by atoms with van der Waals surface area (Å²) in [5, 5.41) is 3.91. The van der Waals surface area contributed by atoms with Crippen molar-refractivity contribution in [2.24, 2.45) is 0 Å². The van der Waals surface area contributed by atoms with E-state index in [0.29, 0.717) is 12.5 Å². The number of thioether (sulfide) groups is 1. The summed E-state index contributed by atoms with van der Waals surface area (Å²) < 4.78 is 11.4. The first-order chi connectivity index (χ1) is 9.31. The number of nitrogens with one attached hydrogen (secondary N) is 1. The van der Waals surface area contributed by atoms with Crippen molar-refractivity contribution in [3.63, 3.8) is 0 Å². The van der Waals surface area contributed by atoms with Gasteiger partial charge in [-0.05, 0) is 32.4 Å². The van der Waals surface area contributed by atoms with Crippen molar-refractivity contribution in [2.45, 2.75) is 37.4 Å². The number of hydrogen-bond acceptors (Lipinski definition) is 6. The van der Waals surface area contributed by atoms with Crippen molar-refractivity contribution in [3.8, 4) is 5.88 Å². The molecule has 1 aliphatic heterocycles. The smallest absolute Gasteiger partial charge is 0.219 e. The molecule has 0 aliphatic carbocycles. The van der Waals surface area contributed by atoms with Crippen LogP contribution >= 0.6 is 11.8 Å². The standard InChI is InChI=1S/C13H21N3O2S/c1-3-14-11-8-12(16-13(15-11)19-2)18-9-10-6-4-5-7-17-10/h8,10H,3-7,9H2,1-2H3,(H,14,15,16). The Kier molecular flexibility index (Phi) is 5.72. The quantitative estimate of drug-likeness (QED) is 0.639. The van der Waals surface area contributed by atoms with Crippen LogP contribution < -0.4 is 10.1 Å². The maximum Gasteiger partial charge on any atom is 0.219 e. The monoisotopic (exact) mass is 283 g/mol. The number of anilines is 1. The molecule has 1 atom stereocenters. The first-order valence-electron chi connectivity index (χ1n) is 6.73. The number of ether oxygens (including phenoxy) is 2. The fourth-order valence-electron chi connectivity index (χ4n) is 1.96. The van der Waals surface area contributed by atoms with Gasteiger partial charge in [0, 0.05) is 19.2 Å². The van der Waals surface area contributed by atoms with Gasteiger partial charge >= 0.3 is 0 Å². The van der Waals surface area contributed by atoms with Crippen molar-refractivity contribution in [3.05, 3.63) is 6.07 Å². The molecule has 0 amide bonds. The van der Waals surface area contributed by atoms with Crippen LogP contribution in [0.5, 0.6) is 5.88 Å². The summed E-state index contributed by atoms with van der Waals surface area (Å²) in [5.41, 5.74) is 0. The van der Waals surface area contributed by atoms with Crippen LogP contribution in [0.2, 0.25) is 0 Å². The predicted molar refractivity (Wildman–Crippen MR) is 77.1 cm³/mol. The molecule has 1 aliphatic rings. The highest BCUT2D eigenvalue weighted by molar-refractivity contribution is 7.98. The summed E-state index contributed by atoms with van der Waals surface area (Å²) in [6.45, 7) is 4.28. The molecule has 2 heterocycles. The van der Waals surface area contributed by atoms with Gasteiger partial charge in [0.05, 0.1) is 6.10 Å². The number of hydrogen-bond donors (Lipinski definition) is 1. The molecule has 1 unspecified atom stereocenters. The SMILES string of the molecule is CCNc1cc(OCC2CCCCO2)nc(SC)n1. The second kappa shape index (κ2) is 7.55. The summed E-state index contributed by atoms with van der Waals surface area (Å²) in [6.07, 6.45) is 5.60. The van der Waals surface area contributed by atoms with Crippen molar-refractivity contribution in [1.82, 2.24) is 9.97 Å². The van der Waals surface area contributed by atoms with Crippen molar-refractivity contribution < 1.29 is 9.47 Å². The van der Waals surface area contributed by atoms with E-state index in [4.69, 9.17) is 9.47 Å². The van der Waals surface area contributed by atoms with E-state index in [0.717, 1.165) is 37.0 Å². The Bertz CT molecular complexity index is 397. The minimum absolute atomic E-state index is 0.198. The summed E-state index contributed by atoms with van der Waals surface area (Å²) >= 11 is 1.51. The Morgan fingerprint density at radius 1 is 1.47 bits per heavy atom. The molecule has 1 aromatic rings. The molecule has 0 spiro atoms. The molecule has 0 radical (unpaired) electrons. The summed E-state index contributed by atoms with van der Waals surface area (Å²) in [7, 11) is 0. The van der Waals surface area contributed by atoms with Crippen LogP contribution in [0.1, 0.15) is 26.2 Å². The Morgan fingerprint density at radius 2 is 2.37 bits per heavy atom. The molecule has 2 rings (SSSR count). The zero-order valence-corrected chi connectivity index (χ0v) is 12.3. The minimum atomic E-state index is 0.198. The van der Waals surface area contributed by atoms with Gasteiger partial charge in [-0.1, -0.05) is 11.8 Å². The third-order valence-corrected chi connectivity index (χ3v) is 3.46. The lowest BCUT2D eigenvalue weighted by molar-refractivity contribution is -0.0120. The van der Waals surface area contributed by atoms with Crippen molar-refractivity contribution in [1.29, 1.82) is 0 Å². The molecule has 1 saturated heterocycles. The maximum atomic E-state index is 5.75. The highest BCUT2D eigenvalue weighted by Crippen LogP contribution is 2.20. The molecular weight excluding hydrogens is 262 g/mol. The number of rotatable bonds is 6. The molecule has 1 fully saturated rings. The van der Waals surface area contributed by atoms with Gasteiger partial charge in [0.25, 0.3) is 0 Å². The minimum Gasteiger partial charge on any atom is -0.475 e. The van der Waals surface area contributed by atoms with Gasteiger partial charge in [-0.3, -0.25) is 0 Å². The molecule has 106 valence electrons. The van der Waals surface area contributed by atoms with Gasteiger partial charge in [-0.15, -0.1) is 0 Å². The van der Waals surface area contributed by atoms with Crippen LogP contribution in [0.3, 0.4) is 0 Å². The van der Waals surface area contributed by atoms with E-state index in [1.165, 1.54) is 18.2 Å². The lowest BCUT2D eigenvalue weighted by atomic mass is 10.1. The molecule has 5 nitrogen and oxygen atoms in total. The van der Waals surface area contributed by atoms with Gasteiger partial charge in [-0.2, -0.15) is 4.98 Å². The summed E-state index contributed by atoms with van der Waals surface area (Å²) in [5.74, 6) is 1.42. The second-order valence-electron chi connectivity index (χ2n) is 4.41. The van der Waals surface area contributed by atoms with Gasteiger partial charge in [0.15, 0.2) is 5.16 Å². The average molecular weight is 283 g/mol. The van der Waals surface area contributed by atoms with Crippen LogP contribution in [-0.2, 0) is 4.74 Å². The van der Waals surface area contributed by atoms with Crippen LogP contribution in [0.25, 0.3) is 0 Å². The van der Waals surface area contributed by atoms with E-state index in [1.807, 2.05) is 19.2 Å². The van der Waals surface area contributed by atoms with Crippen LogP contribution in [-0.4, -0.2) is 42.1 Å². The van der Waals surface area contributed by atoms with E-state index in [2.05, 4.69) is 15.3 Å². The normalized spacial score (nSPS) is 19.2. The van der Waals surface area contributed by atoms with Gasteiger partial charge in [0.1, 0.15) is 12.4 Å². The number of aromatic nitrogens is 2. The zero-order valence-electron chi connectivity index (χ0n) is 11.5. The first kappa shape index (κ1) is 14.4. The van der Waals surface area contributed by atoms with Crippen molar-refractivity contribution in [2.75, 3.05) is 31.3 Å². The Morgan fingerprint density at radius 3 is 3.05 bits per heavy atom. The largest absolute Gasteiger partial charge is 0.475 e. The van der Waals surface area contributed by atoms with Crippen LogP contribution in [0, 0.1) is 0 Å². The molecule has 0 bridgehead atoms. The number of nitrogens with zero attached hydrogens (tertiary/aromatic N) is 2. The lowest BCUT2D eigenvalue weighted by Gasteiger charge is -2.22. The third-order valence-electron chi connectivity index (χ3n) is 2.91. The maximum absolute atomic E-state index is 5.75. The molecule has 6 heteroatoms. The van der Waals surface area contributed by atoms with E-state index in [9.17, 15) is 0 Å². The molecule has 19 heavy (non-hydrogen) atoms. The predicted octanol–water partition coefficient (Wildman–Crippen LogP) is 2.58. The van der Waals surface area contributed by atoms with Gasteiger partial charge < -0.3 is 14.8 Å². The first-order valence-corrected chi connectivity index (χ1v) is 7.95. The van der Waals surface area contributed by atoms with Gasteiger partial charge in [-0.25, -0.2) is 4.98 Å². The Hall–Kier alpha value is -1.01. The molecule has 1 N–H and O–H groups in total. The Balaban J connectivity index is 1.95. The summed E-state index contributed by atoms with van der Waals surface area (Å²) in [6, 6.07) is 1.84. The fourth-order valence-corrected chi connectivity index (χ4v) is 2.33. The van der Waals surface area contributed by atoms with Crippen molar-refractivity contribution >= 4 is 17.6 Å². The lowest BCUT2D eigenvalue weighted by Crippen LogP contribution is -2.26.